The van der Waals surface area contributed by atoms with Crippen LogP contribution >= 0.6 is 11.8 Å². The van der Waals surface area contributed by atoms with Gasteiger partial charge in [-0.2, -0.15) is 16.9 Å². The van der Waals surface area contributed by atoms with Gasteiger partial charge in [-0.1, -0.05) is 0 Å². The van der Waals surface area contributed by atoms with Crippen LogP contribution in [-0.2, 0) is 18.7 Å². The Hall–Kier alpha value is -1.89. The summed E-state index contributed by atoms with van der Waals surface area (Å²) in [4.78, 5) is 22.7. The summed E-state index contributed by atoms with van der Waals surface area (Å²) in [6.45, 7) is 2.50. The summed E-state index contributed by atoms with van der Waals surface area (Å²) in [5.74, 6) is 3.37. The standard InChI is InChI=1S/C15H17N5OS/c21-15-5-12-10-22-4-1-13(12)18-20(15)9-11-7-19(8-11)14-6-16-2-3-17-14/h2-3,5-6,11H,1,4,7-10H2. The first-order valence-corrected chi connectivity index (χ1v) is 8.64. The minimum Gasteiger partial charge on any atom is -0.355 e. The highest BCUT2D eigenvalue weighted by Crippen LogP contribution is 2.24. The van der Waals surface area contributed by atoms with Gasteiger partial charge in [-0.25, -0.2) is 9.67 Å². The third-order valence-electron chi connectivity index (χ3n) is 4.17. The lowest BCUT2D eigenvalue weighted by molar-refractivity contribution is 0.331. The number of thioether (sulfide) groups is 1. The van der Waals surface area contributed by atoms with E-state index in [2.05, 4.69) is 20.0 Å². The maximum atomic E-state index is 12.2. The molecule has 22 heavy (non-hydrogen) atoms. The first-order valence-electron chi connectivity index (χ1n) is 7.48. The average molecular weight is 315 g/mol. The Morgan fingerprint density at radius 1 is 1.32 bits per heavy atom. The number of fused-ring (bicyclic) bond motifs is 1. The zero-order valence-corrected chi connectivity index (χ0v) is 13.0. The van der Waals surface area contributed by atoms with Crippen molar-refractivity contribution in [2.24, 2.45) is 5.92 Å². The first kappa shape index (κ1) is 13.8. The fourth-order valence-electron chi connectivity index (χ4n) is 2.95. The Kier molecular flexibility index (Phi) is 3.57. The minimum absolute atomic E-state index is 0.0270. The maximum Gasteiger partial charge on any atom is 0.267 e. The van der Waals surface area contributed by atoms with E-state index in [1.54, 1.807) is 29.3 Å². The van der Waals surface area contributed by atoms with E-state index in [-0.39, 0.29) is 5.56 Å². The highest BCUT2D eigenvalue weighted by atomic mass is 32.2. The normalized spacial score (nSPS) is 17.9. The molecular formula is C15H17N5OS. The molecule has 1 fully saturated rings. The highest BCUT2D eigenvalue weighted by molar-refractivity contribution is 7.98. The van der Waals surface area contributed by atoms with Crippen LogP contribution in [0, 0.1) is 5.92 Å². The van der Waals surface area contributed by atoms with Crippen molar-refractivity contribution in [1.82, 2.24) is 19.7 Å². The lowest BCUT2D eigenvalue weighted by Gasteiger charge is -2.39. The Morgan fingerprint density at radius 2 is 2.23 bits per heavy atom. The van der Waals surface area contributed by atoms with E-state index < -0.39 is 0 Å². The average Bonchev–Trinajstić information content (AvgIpc) is 2.51. The lowest BCUT2D eigenvalue weighted by atomic mass is 10.0. The van der Waals surface area contributed by atoms with Crippen molar-refractivity contribution in [3.63, 3.8) is 0 Å². The second-order valence-corrected chi connectivity index (χ2v) is 6.88. The molecule has 0 bridgehead atoms. The summed E-state index contributed by atoms with van der Waals surface area (Å²) >= 11 is 1.87. The van der Waals surface area contributed by atoms with Gasteiger partial charge in [0, 0.05) is 49.6 Å². The Bertz CT molecular complexity index is 726. The number of aryl methyl sites for hydroxylation is 1. The van der Waals surface area contributed by atoms with Gasteiger partial charge >= 0.3 is 0 Å². The number of nitrogens with zero attached hydrogens (tertiary/aromatic N) is 5. The monoisotopic (exact) mass is 315 g/mol. The van der Waals surface area contributed by atoms with E-state index in [9.17, 15) is 4.79 Å². The van der Waals surface area contributed by atoms with Gasteiger partial charge in [0.05, 0.1) is 18.4 Å². The second-order valence-electron chi connectivity index (χ2n) is 5.77. The molecule has 0 saturated carbocycles. The molecule has 0 spiro atoms. The predicted octanol–water partition coefficient (Wildman–Crippen LogP) is 0.959. The topological polar surface area (TPSA) is 63.9 Å². The summed E-state index contributed by atoms with van der Waals surface area (Å²) in [5.41, 5.74) is 2.25. The van der Waals surface area contributed by atoms with Crippen LogP contribution in [0.1, 0.15) is 11.3 Å². The van der Waals surface area contributed by atoms with E-state index in [1.807, 2.05) is 11.8 Å². The van der Waals surface area contributed by atoms with E-state index in [0.29, 0.717) is 12.5 Å². The molecule has 0 aliphatic carbocycles. The summed E-state index contributed by atoms with van der Waals surface area (Å²) in [7, 11) is 0. The Labute approximate surface area is 132 Å². The molecule has 4 heterocycles. The van der Waals surface area contributed by atoms with Crippen LogP contribution in [-0.4, -0.2) is 38.6 Å². The minimum atomic E-state index is 0.0270. The van der Waals surface area contributed by atoms with Crippen LogP contribution in [0.4, 0.5) is 5.82 Å². The van der Waals surface area contributed by atoms with Gasteiger partial charge in [0.25, 0.3) is 5.56 Å². The van der Waals surface area contributed by atoms with Crippen LogP contribution in [0.15, 0.2) is 29.5 Å². The highest BCUT2D eigenvalue weighted by Gasteiger charge is 2.29. The van der Waals surface area contributed by atoms with E-state index in [4.69, 9.17) is 0 Å². The SMILES string of the molecule is O=c1cc2c(nn1CC1CN(c3cnccn3)C1)CCSC2. The van der Waals surface area contributed by atoms with Crippen molar-refractivity contribution in [2.45, 2.75) is 18.7 Å². The molecule has 0 unspecified atom stereocenters. The number of hydrogen-bond acceptors (Lipinski definition) is 6. The lowest BCUT2D eigenvalue weighted by Crippen LogP contribution is -2.50. The molecule has 0 amide bonds. The van der Waals surface area contributed by atoms with Crippen molar-refractivity contribution in [3.05, 3.63) is 46.3 Å². The van der Waals surface area contributed by atoms with Crippen LogP contribution < -0.4 is 10.5 Å². The number of hydrogen-bond donors (Lipinski definition) is 0. The fraction of sp³-hybridized carbons (Fsp3) is 0.467. The molecule has 2 aliphatic rings. The van der Waals surface area contributed by atoms with Gasteiger partial charge in [0.15, 0.2) is 0 Å². The molecule has 114 valence electrons. The van der Waals surface area contributed by atoms with Crippen molar-refractivity contribution in [1.29, 1.82) is 0 Å². The predicted molar refractivity (Wildman–Crippen MR) is 86.1 cm³/mol. The molecule has 0 aromatic carbocycles. The smallest absolute Gasteiger partial charge is 0.267 e. The summed E-state index contributed by atoms with van der Waals surface area (Å²) in [5, 5.41) is 4.58. The van der Waals surface area contributed by atoms with Gasteiger partial charge < -0.3 is 4.90 Å². The van der Waals surface area contributed by atoms with Gasteiger partial charge in [-0.3, -0.25) is 9.78 Å². The molecule has 0 atom stereocenters. The zero-order chi connectivity index (χ0) is 14.9. The molecule has 2 aromatic rings. The van der Waals surface area contributed by atoms with E-state index >= 15 is 0 Å². The molecule has 2 aromatic heterocycles. The molecule has 6 nitrogen and oxygen atoms in total. The van der Waals surface area contributed by atoms with Crippen molar-refractivity contribution >= 4 is 17.6 Å². The summed E-state index contributed by atoms with van der Waals surface area (Å²) in [6.07, 6.45) is 6.12. The van der Waals surface area contributed by atoms with Crippen molar-refractivity contribution in [2.75, 3.05) is 23.7 Å². The number of rotatable bonds is 3. The Balaban J connectivity index is 1.44. The van der Waals surface area contributed by atoms with Gasteiger partial charge in [0.1, 0.15) is 5.82 Å². The van der Waals surface area contributed by atoms with E-state index in [1.165, 1.54) is 0 Å². The van der Waals surface area contributed by atoms with Gasteiger partial charge in [0.2, 0.25) is 0 Å². The largest absolute Gasteiger partial charge is 0.355 e. The molecule has 0 N–H and O–H groups in total. The third-order valence-corrected chi connectivity index (χ3v) is 5.17. The molecular weight excluding hydrogens is 298 g/mol. The molecule has 4 rings (SSSR count). The van der Waals surface area contributed by atoms with Gasteiger partial charge in [-0.15, -0.1) is 0 Å². The second kappa shape index (κ2) is 5.72. The Morgan fingerprint density at radius 3 is 3.05 bits per heavy atom. The quantitative estimate of drug-likeness (QED) is 0.840. The molecule has 1 saturated heterocycles. The van der Waals surface area contributed by atoms with Crippen molar-refractivity contribution < 1.29 is 0 Å². The summed E-state index contributed by atoms with van der Waals surface area (Å²) in [6, 6.07) is 1.77. The zero-order valence-electron chi connectivity index (χ0n) is 12.2. The number of aromatic nitrogens is 4. The van der Waals surface area contributed by atoms with Gasteiger partial charge in [-0.05, 0) is 11.3 Å². The summed E-state index contributed by atoms with van der Waals surface area (Å²) < 4.78 is 1.65. The fourth-order valence-corrected chi connectivity index (χ4v) is 3.91. The third kappa shape index (κ3) is 2.61. The van der Waals surface area contributed by atoms with Crippen LogP contribution in [0.2, 0.25) is 0 Å². The van der Waals surface area contributed by atoms with Crippen LogP contribution in [0.25, 0.3) is 0 Å². The van der Waals surface area contributed by atoms with Crippen LogP contribution in [0.5, 0.6) is 0 Å². The van der Waals surface area contributed by atoms with Crippen molar-refractivity contribution in [3.8, 4) is 0 Å². The van der Waals surface area contributed by atoms with Crippen LogP contribution in [0.3, 0.4) is 0 Å². The molecule has 0 radical (unpaired) electrons. The molecule has 2 aliphatic heterocycles. The number of anilines is 1. The first-order chi connectivity index (χ1) is 10.8. The molecule has 7 heteroatoms. The van der Waals surface area contributed by atoms with E-state index in [0.717, 1.165) is 48.1 Å². The maximum absolute atomic E-state index is 12.2.